The summed E-state index contributed by atoms with van der Waals surface area (Å²) in [6.07, 6.45) is -4.67. The van der Waals surface area contributed by atoms with Crippen LogP contribution >= 0.6 is 0 Å². The first-order chi connectivity index (χ1) is 13.2. The van der Waals surface area contributed by atoms with Crippen LogP contribution in [-0.2, 0) is 22.3 Å². The van der Waals surface area contributed by atoms with E-state index in [1.165, 1.54) is 36.4 Å². The third-order valence-corrected chi connectivity index (χ3v) is 3.61. The molecule has 0 spiro atoms. The molecular formula is C18H15F3N2O5. The number of ether oxygens (including phenoxy) is 1. The van der Waals surface area contributed by atoms with Crippen LogP contribution < -0.4 is 5.32 Å². The molecule has 0 bridgehead atoms. The third kappa shape index (κ3) is 6.08. The summed E-state index contributed by atoms with van der Waals surface area (Å²) >= 11 is 0. The number of nitro benzene ring substituents is 1. The molecule has 0 saturated heterocycles. The van der Waals surface area contributed by atoms with Gasteiger partial charge in [0.05, 0.1) is 16.9 Å². The third-order valence-electron chi connectivity index (χ3n) is 3.61. The molecule has 0 aliphatic carbocycles. The Morgan fingerprint density at radius 1 is 1.11 bits per heavy atom. The van der Waals surface area contributed by atoms with E-state index in [-0.39, 0.29) is 36.4 Å². The van der Waals surface area contributed by atoms with Gasteiger partial charge >= 0.3 is 12.1 Å². The maximum Gasteiger partial charge on any atom is 0.416 e. The molecule has 2 rings (SSSR count). The molecule has 7 nitrogen and oxygen atoms in total. The zero-order valence-corrected chi connectivity index (χ0v) is 14.4. The SMILES string of the molecule is O=C(CCNC(=O)c1ccc([N+](=O)[O-])cc1)OCc1cccc(C(F)(F)F)c1. The van der Waals surface area contributed by atoms with Crippen molar-refractivity contribution in [1.29, 1.82) is 0 Å². The Morgan fingerprint density at radius 3 is 2.39 bits per heavy atom. The van der Waals surface area contributed by atoms with Crippen molar-refractivity contribution in [1.82, 2.24) is 5.32 Å². The fourth-order valence-corrected chi connectivity index (χ4v) is 2.19. The Balaban J connectivity index is 1.77. The molecule has 10 heteroatoms. The number of carbonyl (C=O) groups is 2. The minimum atomic E-state index is -4.48. The fourth-order valence-electron chi connectivity index (χ4n) is 2.19. The zero-order valence-electron chi connectivity index (χ0n) is 14.4. The average molecular weight is 396 g/mol. The highest BCUT2D eigenvalue weighted by Gasteiger charge is 2.30. The first-order valence-electron chi connectivity index (χ1n) is 8.01. The lowest BCUT2D eigenvalue weighted by Crippen LogP contribution is -2.26. The van der Waals surface area contributed by atoms with Gasteiger partial charge in [-0.3, -0.25) is 19.7 Å². The van der Waals surface area contributed by atoms with Crippen LogP contribution in [0.3, 0.4) is 0 Å². The lowest BCUT2D eigenvalue weighted by molar-refractivity contribution is -0.384. The van der Waals surface area contributed by atoms with E-state index < -0.39 is 28.5 Å². The molecule has 0 atom stereocenters. The van der Waals surface area contributed by atoms with Gasteiger partial charge in [0.1, 0.15) is 6.61 Å². The average Bonchev–Trinajstić information content (AvgIpc) is 2.66. The standard InChI is InChI=1S/C18H15F3N2O5/c19-18(20,21)14-3-1-2-12(10-14)11-28-16(24)8-9-22-17(25)13-4-6-15(7-5-13)23(26)27/h1-7,10H,8-9,11H2,(H,22,25). The number of alkyl halides is 3. The van der Waals surface area contributed by atoms with Crippen molar-refractivity contribution in [3.63, 3.8) is 0 Å². The Hall–Kier alpha value is -3.43. The highest BCUT2D eigenvalue weighted by molar-refractivity contribution is 5.94. The minimum absolute atomic E-state index is 0.0583. The maximum atomic E-state index is 12.6. The molecule has 0 unspecified atom stereocenters. The molecule has 148 valence electrons. The van der Waals surface area contributed by atoms with Crippen molar-refractivity contribution in [2.24, 2.45) is 0 Å². The van der Waals surface area contributed by atoms with Crippen molar-refractivity contribution >= 4 is 17.6 Å². The second-order valence-electron chi connectivity index (χ2n) is 5.67. The van der Waals surface area contributed by atoms with Crippen molar-refractivity contribution in [2.75, 3.05) is 6.54 Å². The van der Waals surface area contributed by atoms with Gasteiger partial charge in [0, 0.05) is 24.2 Å². The van der Waals surface area contributed by atoms with Crippen LogP contribution in [0.5, 0.6) is 0 Å². The lowest BCUT2D eigenvalue weighted by atomic mass is 10.1. The Morgan fingerprint density at radius 2 is 1.79 bits per heavy atom. The van der Waals surface area contributed by atoms with Gasteiger partial charge in [0.15, 0.2) is 0 Å². The van der Waals surface area contributed by atoms with Crippen molar-refractivity contribution in [2.45, 2.75) is 19.2 Å². The summed E-state index contributed by atoms with van der Waals surface area (Å²) in [5, 5.41) is 13.0. The smallest absolute Gasteiger partial charge is 0.416 e. The molecule has 0 saturated carbocycles. The second-order valence-corrected chi connectivity index (χ2v) is 5.67. The van der Waals surface area contributed by atoms with Crippen LogP contribution in [0.25, 0.3) is 0 Å². The van der Waals surface area contributed by atoms with E-state index in [2.05, 4.69) is 5.32 Å². The number of nitrogens with one attached hydrogen (secondary N) is 1. The molecule has 2 aromatic carbocycles. The number of rotatable bonds is 7. The molecule has 0 aliphatic rings. The lowest BCUT2D eigenvalue weighted by Gasteiger charge is -2.09. The summed E-state index contributed by atoms with van der Waals surface area (Å²) in [5.74, 6) is -1.22. The van der Waals surface area contributed by atoms with Crippen LogP contribution in [0.2, 0.25) is 0 Å². The number of nitro groups is 1. The molecule has 0 aliphatic heterocycles. The van der Waals surface area contributed by atoms with Gasteiger partial charge in [0.2, 0.25) is 0 Å². The minimum Gasteiger partial charge on any atom is -0.461 e. The van der Waals surface area contributed by atoms with Crippen LogP contribution in [0.15, 0.2) is 48.5 Å². The maximum absolute atomic E-state index is 12.6. The Kier molecular flexibility index (Phi) is 6.69. The van der Waals surface area contributed by atoms with Gasteiger partial charge < -0.3 is 10.1 Å². The number of halogens is 3. The molecule has 0 heterocycles. The van der Waals surface area contributed by atoms with E-state index in [1.807, 2.05) is 0 Å². The van der Waals surface area contributed by atoms with Crippen LogP contribution in [0.4, 0.5) is 18.9 Å². The first-order valence-corrected chi connectivity index (χ1v) is 8.01. The van der Waals surface area contributed by atoms with Crippen LogP contribution in [0, 0.1) is 10.1 Å². The van der Waals surface area contributed by atoms with Gasteiger partial charge in [-0.1, -0.05) is 12.1 Å². The predicted octanol–water partition coefficient (Wildman–Crippen LogP) is 3.48. The van der Waals surface area contributed by atoms with E-state index in [1.54, 1.807) is 0 Å². The summed E-state index contributed by atoms with van der Waals surface area (Å²) in [5.41, 5.74) is -0.618. The monoisotopic (exact) mass is 396 g/mol. The molecular weight excluding hydrogens is 381 g/mol. The van der Waals surface area contributed by atoms with Crippen LogP contribution in [-0.4, -0.2) is 23.3 Å². The summed E-state index contributed by atoms with van der Waals surface area (Å²) in [4.78, 5) is 33.5. The normalized spacial score (nSPS) is 11.0. The van der Waals surface area contributed by atoms with Gasteiger partial charge in [-0.25, -0.2) is 0 Å². The van der Waals surface area contributed by atoms with Gasteiger partial charge in [0.25, 0.3) is 11.6 Å². The molecule has 2 aromatic rings. The summed E-state index contributed by atoms with van der Waals surface area (Å²) in [6.45, 7) is -0.379. The fraction of sp³-hybridized carbons (Fsp3) is 0.222. The van der Waals surface area contributed by atoms with E-state index >= 15 is 0 Å². The number of hydrogen-bond donors (Lipinski definition) is 1. The number of hydrogen-bond acceptors (Lipinski definition) is 5. The van der Waals surface area contributed by atoms with E-state index in [0.717, 1.165) is 12.1 Å². The first kappa shape index (κ1) is 20.9. The molecule has 0 radical (unpaired) electrons. The highest BCUT2D eigenvalue weighted by Crippen LogP contribution is 2.29. The van der Waals surface area contributed by atoms with Crippen LogP contribution in [0.1, 0.15) is 27.9 Å². The van der Waals surface area contributed by atoms with Crippen molar-refractivity contribution in [3.05, 3.63) is 75.3 Å². The van der Waals surface area contributed by atoms with Crippen molar-refractivity contribution < 1.29 is 32.4 Å². The summed E-state index contributed by atoms with van der Waals surface area (Å²) in [6, 6.07) is 9.34. The zero-order chi connectivity index (χ0) is 20.7. The Bertz CT molecular complexity index is 866. The summed E-state index contributed by atoms with van der Waals surface area (Å²) in [7, 11) is 0. The molecule has 1 N–H and O–H groups in total. The van der Waals surface area contributed by atoms with E-state index in [9.17, 15) is 32.9 Å². The number of carbonyl (C=O) groups excluding carboxylic acids is 2. The highest BCUT2D eigenvalue weighted by atomic mass is 19.4. The quantitative estimate of drug-likeness (QED) is 0.439. The van der Waals surface area contributed by atoms with Gasteiger partial charge in [-0.15, -0.1) is 0 Å². The number of non-ortho nitro benzene ring substituents is 1. The molecule has 28 heavy (non-hydrogen) atoms. The number of nitrogens with zero attached hydrogens (tertiary/aromatic N) is 1. The Labute approximate surface area is 157 Å². The topological polar surface area (TPSA) is 98.5 Å². The molecule has 1 amide bonds. The number of esters is 1. The number of benzene rings is 2. The predicted molar refractivity (Wildman–Crippen MR) is 91.3 cm³/mol. The molecule has 0 aromatic heterocycles. The second kappa shape index (κ2) is 8.98. The van der Waals surface area contributed by atoms with E-state index in [0.29, 0.717) is 0 Å². The summed E-state index contributed by atoms with van der Waals surface area (Å²) < 4.78 is 42.8. The van der Waals surface area contributed by atoms with E-state index in [4.69, 9.17) is 4.74 Å². The largest absolute Gasteiger partial charge is 0.461 e. The van der Waals surface area contributed by atoms with Gasteiger partial charge in [-0.2, -0.15) is 13.2 Å². The molecule has 0 fully saturated rings. The van der Waals surface area contributed by atoms with Crippen molar-refractivity contribution in [3.8, 4) is 0 Å². The van der Waals surface area contributed by atoms with Gasteiger partial charge in [-0.05, 0) is 29.8 Å². The number of amides is 1.